The van der Waals surface area contributed by atoms with Crippen molar-refractivity contribution >= 4 is 21.5 Å². The maximum absolute atomic E-state index is 13.0. The van der Waals surface area contributed by atoms with Gasteiger partial charge in [-0.15, -0.1) is 11.3 Å². The molecule has 0 bridgehead atoms. The molecule has 1 fully saturated rings. The first-order valence-electron chi connectivity index (χ1n) is 11.9. The molecule has 3 heterocycles. The van der Waals surface area contributed by atoms with E-state index >= 15 is 0 Å². The number of unbranched alkanes of at least 4 members (excludes halogenated alkanes) is 1. The summed E-state index contributed by atoms with van der Waals surface area (Å²) >= 11 is 1.49. The molecule has 2 aromatic heterocycles. The predicted molar refractivity (Wildman–Crippen MR) is 136 cm³/mol. The van der Waals surface area contributed by atoms with Crippen molar-refractivity contribution in [2.75, 3.05) is 39.3 Å². The van der Waals surface area contributed by atoms with Crippen LogP contribution in [0.5, 0.6) is 0 Å². The fraction of sp³-hybridized carbons (Fsp3) is 0.458. The van der Waals surface area contributed by atoms with Gasteiger partial charge in [-0.1, -0.05) is 31.5 Å². The van der Waals surface area contributed by atoms with E-state index in [2.05, 4.69) is 26.5 Å². The summed E-state index contributed by atoms with van der Waals surface area (Å²) in [7, 11) is -3.64. The van der Waals surface area contributed by atoms with E-state index in [1.807, 2.05) is 17.5 Å². The van der Waals surface area contributed by atoms with Gasteiger partial charge in [-0.05, 0) is 42.1 Å². The average molecular weight is 542 g/mol. The summed E-state index contributed by atoms with van der Waals surface area (Å²) in [6.45, 7) is 5.56. The Morgan fingerprint density at radius 2 is 1.83 bits per heavy atom. The first kappa shape index (κ1) is 26.8. The Morgan fingerprint density at radius 1 is 1.11 bits per heavy atom. The molecule has 0 aliphatic carbocycles. The first-order valence-corrected chi connectivity index (χ1v) is 14.3. The summed E-state index contributed by atoms with van der Waals surface area (Å²) in [5.74, 6) is 0.598. The molecule has 1 aliphatic heterocycles. The number of rotatable bonds is 10. The quantitative estimate of drug-likeness (QED) is 0.393. The standard InChI is InChI=1S/C24H30F3N5O2S2/c1-2-3-12-31-13-15-32(16-14-31)36(33,34)28-11-10-20-22(30-23(29-20)21-5-4-17-35-21)18-6-8-19(9-7-18)24(25,26)27/h4-9,17,28H,2-3,10-16H2,1H3,(H,29,30). The van der Waals surface area contributed by atoms with Crippen LogP contribution in [0.4, 0.5) is 13.2 Å². The van der Waals surface area contributed by atoms with Gasteiger partial charge in [0.1, 0.15) is 5.82 Å². The maximum atomic E-state index is 13.0. The number of halogens is 3. The Hall–Kier alpha value is -2.25. The minimum Gasteiger partial charge on any atom is -0.337 e. The van der Waals surface area contributed by atoms with Crippen molar-refractivity contribution in [3.63, 3.8) is 0 Å². The number of thiophene rings is 1. The summed E-state index contributed by atoms with van der Waals surface area (Å²) in [5, 5.41) is 1.91. The van der Waals surface area contributed by atoms with E-state index < -0.39 is 21.9 Å². The molecule has 1 saturated heterocycles. The summed E-state index contributed by atoms with van der Waals surface area (Å²) in [6, 6.07) is 8.66. The van der Waals surface area contributed by atoms with Crippen molar-refractivity contribution in [3.8, 4) is 22.0 Å². The topological polar surface area (TPSA) is 81.3 Å². The van der Waals surface area contributed by atoms with E-state index in [4.69, 9.17) is 0 Å². The molecule has 7 nitrogen and oxygen atoms in total. The van der Waals surface area contributed by atoms with E-state index in [1.165, 1.54) is 27.8 Å². The van der Waals surface area contributed by atoms with Crippen molar-refractivity contribution in [2.24, 2.45) is 0 Å². The number of H-pyrrole nitrogens is 1. The highest BCUT2D eigenvalue weighted by Crippen LogP contribution is 2.33. The molecular formula is C24H30F3N5O2S2. The van der Waals surface area contributed by atoms with Gasteiger partial charge in [-0.3, -0.25) is 0 Å². The molecule has 0 saturated carbocycles. The van der Waals surface area contributed by atoms with Gasteiger partial charge in [0.2, 0.25) is 0 Å². The molecule has 2 N–H and O–H groups in total. The zero-order valence-electron chi connectivity index (χ0n) is 20.0. The van der Waals surface area contributed by atoms with Crippen molar-refractivity contribution in [2.45, 2.75) is 32.4 Å². The highest BCUT2D eigenvalue weighted by atomic mass is 32.2. The molecule has 196 valence electrons. The van der Waals surface area contributed by atoms with E-state index in [9.17, 15) is 21.6 Å². The highest BCUT2D eigenvalue weighted by Gasteiger charge is 2.30. The lowest BCUT2D eigenvalue weighted by Crippen LogP contribution is -2.52. The van der Waals surface area contributed by atoms with Gasteiger partial charge in [-0.2, -0.15) is 25.9 Å². The minimum absolute atomic E-state index is 0.126. The van der Waals surface area contributed by atoms with E-state index in [-0.39, 0.29) is 13.0 Å². The van der Waals surface area contributed by atoms with Crippen molar-refractivity contribution in [1.82, 2.24) is 23.9 Å². The van der Waals surface area contributed by atoms with Crippen LogP contribution in [-0.2, 0) is 22.8 Å². The third-order valence-corrected chi connectivity index (χ3v) is 8.67. The van der Waals surface area contributed by atoms with Gasteiger partial charge >= 0.3 is 6.18 Å². The van der Waals surface area contributed by atoms with Crippen LogP contribution in [0, 0.1) is 0 Å². The molecule has 4 rings (SSSR count). The Balaban J connectivity index is 1.45. The minimum atomic E-state index is -4.42. The Labute approximate surface area is 213 Å². The van der Waals surface area contributed by atoms with Gasteiger partial charge in [0.05, 0.1) is 21.8 Å². The molecule has 0 atom stereocenters. The van der Waals surface area contributed by atoms with Gasteiger partial charge in [0, 0.05) is 39.1 Å². The molecule has 1 aliphatic rings. The third kappa shape index (κ3) is 6.54. The number of piperazine rings is 1. The fourth-order valence-corrected chi connectivity index (χ4v) is 6.01. The second kappa shape index (κ2) is 11.4. The van der Waals surface area contributed by atoms with Gasteiger partial charge < -0.3 is 9.88 Å². The van der Waals surface area contributed by atoms with Crippen molar-refractivity contribution < 1.29 is 21.6 Å². The van der Waals surface area contributed by atoms with Crippen molar-refractivity contribution in [1.29, 1.82) is 0 Å². The zero-order chi connectivity index (χ0) is 25.8. The molecule has 36 heavy (non-hydrogen) atoms. The van der Waals surface area contributed by atoms with Crippen LogP contribution in [0.15, 0.2) is 41.8 Å². The molecule has 0 radical (unpaired) electrons. The van der Waals surface area contributed by atoms with Crippen molar-refractivity contribution in [3.05, 3.63) is 53.0 Å². The Kier molecular flexibility index (Phi) is 8.51. The number of nitrogens with one attached hydrogen (secondary N) is 2. The van der Waals surface area contributed by atoms with Crippen LogP contribution in [0.1, 0.15) is 31.0 Å². The van der Waals surface area contributed by atoms with Crippen LogP contribution in [0.25, 0.3) is 22.0 Å². The lowest BCUT2D eigenvalue weighted by molar-refractivity contribution is -0.137. The number of hydrogen-bond donors (Lipinski definition) is 2. The third-order valence-electron chi connectivity index (χ3n) is 6.18. The number of hydrogen-bond acceptors (Lipinski definition) is 5. The SMILES string of the molecule is CCCCN1CCN(S(=O)(=O)NCCc2nc(-c3cccs3)[nH]c2-c2ccc(C(F)(F)F)cc2)CC1. The molecule has 3 aromatic rings. The zero-order valence-corrected chi connectivity index (χ0v) is 21.6. The number of imidazole rings is 1. The fourth-order valence-electron chi connectivity index (χ4n) is 4.15. The van der Waals surface area contributed by atoms with Crippen LogP contribution < -0.4 is 4.72 Å². The first-order chi connectivity index (χ1) is 17.2. The molecule has 12 heteroatoms. The van der Waals surface area contributed by atoms with Crippen LogP contribution >= 0.6 is 11.3 Å². The summed E-state index contributed by atoms with van der Waals surface area (Å²) in [5.41, 5.74) is 0.994. The lowest BCUT2D eigenvalue weighted by Gasteiger charge is -2.33. The van der Waals surface area contributed by atoms with E-state index in [1.54, 1.807) is 0 Å². The smallest absolute Gasteiger partial charge is 0.337 e. The Bertz CT molecular complexity index is 1220. The lowest BCUT2D eigenvalue weighted by atomic mass is 10.1. The summed E-state index contributed by atoms with van der Waals surface area (Å²) in [4.78, 5) is 11.0. The maximum Gasteiger partial charge on any atom is 0.416 e. The van der Waals surface area contributed by atoms with Gasteiger partial charge in [0.15, 0.2) is 0 Å². The number of aromatic amines is 1. The molecule has 0 amide bonds. The van der Waals surface area contributed by atoms with Crippen LogP contribution in [0.2, 0.25) is 0 Å². The summed E-state index contributed by atoms with van der Waals surface area (Å²) < 4.78 is 68.8. The van der Waals surface area contributed by atoms with Crippen LogP contribution in [-0.4, -0.2) is 66.9 Å². The second-order valence-electron chi connectivity index (χ2n) is 8.70. The molecule has 1 aromatic carbocycles. The van der Waals surface area contributed by atoms with Gasteiger partial charge in [0.25, 0.3) is 10.2 Å². The molecule has 0 spiro atoms. The normalized spacial score (nSPS) is 16.0. The number of benzene rings is 1. The average Bonchev–Trinajstić information content (AvgIpc) is 3.53. The van der Waals surface area contributed by atoms with E-state index in [0.29, 0.717) is 49.0 Å². The van der Waals surface area contributed by atoms with Gasteiger partial charge in [-0.25, -0.2) is 9.71 Å². The summed E-state index contributed by atoms with van der Waals surface area (Å²) in [6.07, 6.45) is -1.93. The Morgan fingerprint density at radius 3 is 2.44 bits per heavy atom. The number of nitrogens with zero attached hydrogens (tertiary/aromatic N) is 3. The second-order valence-corrected chi connectivity index (χ2v) is 11.4. The monoisotopic (exact) mass is 541 g/mol. The molecular weight excluding hydrogens is 511 g/mol. The predicted octanol–water partition coefficient (Wildman–Crippen LogP) is 4.62. The number of aromatic nitrogens is 2. The number of alkyl halides is 3. The largest absolute Gasteiger partial charge is 0.416 e. The molecule has 0 unspecified atom stereocenters. The van der Waals surface area contributed by atoms with E-state index in [0.717, 1.165) is 36.4 Å². The van der Waals surface area contributed by atoms with Crippen LogP contribution in [0.3, 0.4) is 0 Å². The highest BCUT2D eigenvalue weighted by molar-refractivity contribution is 7.87.